The van der Waals surface area contributed by atoms with Gasteiger partial charge in [0.05, 0.1) is 0 Å². The Morgan fingerprint density at radius 3 is 3.00 bits per heavy atom. The molecule has 0 aromatic carbocycles. The summed E-state index contributed by atoms with van der Waals surface area (Å²) in [6.07, 6.45) is 0.965. The maximum Gasteiger partial charge on any atom is 0.252 e. The van der Waals surface area contributed by atoms with Gasteiger partial charge in [0.1, 0.15) is 0 Å². The normalized spacial score (nSPS) is 9.92. The minimum absolute atomic E-state index is 0.0253. The Labute approximate surface area is 82.2 Å². The zero-order valence-electron chi connectivity index (χ0n) is 7.67. The van der Waals surface area contributed by atoms with Crippen LogP contribution in [0.2, 0.25) is 0 Å². The van der Waals surface area contributed by atoms with Crippen LogP contribution in [0.1, 0.15) is 16.8 Å². The van der Waals surface area contributed by atoms with E-state index in [1.54, 1.807) is 0 Å². The highest BCUT2D eigenvalue weighted by Gasteiger charge is 2.03. The molecule has 0 radical (unpaired) electrons. The van der Waals surface area contributed by atoms with Gasteiger partial charge in [0.25, 0.3) is 5.91 Å². The molecule has 13 heavy (non-hydrogen) atoms. The second-order valence-electron chi connectivity index (χ2n) is 2.73. The van der Waals surface area contributed by atoms with E-state index in [1.807, 2.05) is 23.9 Å². The fourth-order valence-electron chi connectivity index (χ4n) is 0.963. The predicted molar refractivity (Wildman–Crippen MR) is 55.2 cm³/mol. The van der Waals surface area contributed by atoms with Crippen molar-refractivity contribution in [3.05, 3.63) is 22.4 Å². The van der Waals surface area contributed by atoms with E-state index in [2.05, 4.69) is 10.6 Å². The molecule has 1 amide bonds. The molecule has 0 aliphatic carbocycles. The van der Waals surface area contributed by atoms with Crippen LogP contribution < -0.4 is 10.6 Å². The van der Waals surface area contributed by atoms with E-state index in [1.165, 1.54) is 11.3 Å². The van der Waals surface area contributed by atoms with Crippen molar-refractivity contribution < 1.29 is 4.79 Å². The fourth-order valence-corrected chi connectivity index (χ4v) is 1.60. The van der Waals surface area contributed by atoms with E-state index in [-0.39, 0.29) is 5.91 Å². The van der Waals surface area contributed by atoms with Crippen molar-refractivity contribution in [2.24, 2.45) is 0 Å². The zero-order valence-corrected chi connectivity index (χ0v) is 8.49. The molecule has 0 aliphatic heterocycles. The van der Waals surface area contributed by atoms with Gasteiger partial charge < -0.3 is 10.6 Å². The Morgan fingerprint density at radius 1 is 1.54 bits per heavy atom. The van der Waals surface area contributed by atoms with Gasteiger partial charge in [0, 0.05) is 17.5 Å². The van der Waals surface area contributed by atoms with Crippen molar-refractivity contribution in [1.82, 2.24) is 10.6 Å². The average molecular weight is 198 g/mol. The lowest BCUT2D eigenvalue weighted by Gasteiger charge is -2.02. The third kappa shape index (κ3) is 3.57. The Kier molecular flexibility index (Phi) is 4.49. The van der Waals surface area contributed by atoms with Gasteiger partial charge in [-0.2, -0.15) is 11.3 Å². The van der Waals surface area contributed by atoms with Gasteiger partial charge in [-0.3, -0.25) is 4.79 Å². The van der Waals surface area contributed by atoms with Crippen molar-refractivity contribution in [3.63, 3.8) is 0 Å². The predicted octanol–water partition coefficient (Wildman–Crippen LogP) is 1.09. The molecule has 3 nitrogen and oxygen atoms in total. The number of rotatable bonds is 5. The van der Waals surface area contributed by atoms with Crippen molar-refractivity contribution in [2.45, 2.75) is 6.42 Å². The average Bonchev–Trinajstić information content (AvgIpc) is 2.65. The minimum atomic E-state index is 0.0253. The first-order chi connectivity index (χ1) is 6.34. The number of amides is 1. The van der Waals surface area contributed by atoms with Crippen LogP contribution in [0.5, 0.6) is 0 Å². The molecule has 1 aromatic rings. The summed E-state index contributed by atoms with van der Waals surface area (Å²) in [5.41, 5.74) is 0.759. The van der Waals surface area contributed by atoms with E-state index in [9.17, 15) is 4.79 Å². The Hall–Kier alpha value is -0.870. The molecule has 0 atom stereocenters. The first kappa shape index (κ1) is 10.2. The van der Waals surface area contributed by atoms with Crippen LogP contribution in [0.25, 0.3) is 0 Å². The SMILES string of the molecule is CNCCCNC(=O)c1ccsc1. The molecular formula is C9H14N2OS. The lowest BCUT2D eigenvalue weighted by atomic mass is 10.3. The zero-order chi connectivity index (χ0) is 9.52. The summed E-state index contributed by atoms with van der Waals surface area (Å²) in [4.78, 5) is 11.3. The third-order valence-electron chi connectivity index (χ3n) is 1.67. The molecule has 0 spiro atoms. The number of carbonyl (C=O) groups is 1. The van der Waals surface area contributed by atoms with E-state index in [0.717, 1.165) is 25.1 Å². The smallest absolute Gasteiger partial charge is 0.252 e. The molecule has 0 unspecified atom stereocenters. The molecule has 1 rings (SSSR count). The van der Waals surface area contributed by atoms with Crippen molar-refractivity contribution in [3.8, 4) is 0 Å². The van der Waals surface area contributed by atoms with Gasteiger partial charge in [-0.1, -0.05) is 0 Å². The lowest BCUT2D eigenvalue weighted by Crippen LogP contribution is -2.26. The summed E-state index contributed by atoms with van der Waals surface area (Å²) in [5, 5.41) is 9.63. The highest BCUT2D eigenvalue weighted by atomic mass is 32.1. The van der Waals surface area contributed by atoms with E-state index < -0.39 is 0 Å². The van der Waals surface area contributed by atoms with Gasteiger partial charge in [-0.05, 0) is 31.5 Å². The van der Waals surface area contributed by atoms with Crippen molar-refractivity contribution in [1.29, 1.82) is 0 Å². The monoisotopic (exact) mass is 198 g/mol. The Balaban J connectivity index is 2.19. The lowest BCUT2D eigenvalue weighted by molar-refractivity contribution is 0.0954. The van der Waals surface area contributed by atoms with Crippen LogP contribution in [-0.2, 0) is 0 Å². The molecular weight excluding hydrogens is 184 g/mol. The Morgan fingerprint density at radius 2 is 2.38 bits per heavy atom. The van der Waals surface area contributed by atoms with E-state index >= 15 is 0 Å². The largest absolute Gasteiger partial charge is 0.352 e. The van der Waals surface area contributed by atoms with Crippen LogP contribution in [0.15, 0.2) is 16.8 Å². The second kappa shape index (κ2) is 5.72. The summed E-state index contributed by atoms with van der Waals surface area (Å²) in [5.74, 6) is 0.0253. The van der Waals surface area contributed by atoms with Gasteiger partial charge >= 0.3 is 0 Å². The summed E-state index contributed by atoms with van der Waals surface area (Å²) in [6, 6.07) is 1.83. The molecule has 0 fully saturated rings. The summed E-state index contributed by atoms with van der Waals surface area (Å²) in [7, 11) is 1.90. The number of thiophene rings is 1. The quantitative estimate of drug-likeness (QED) is 0.695. The maximum atomic E-state index is 11.3. The molecule has 4 heteroatoms. The van der Waals surface area contributed by atoms with Crippen LogP contribution in [0.3, 0.4) is 0 Å². The first-order valence-corrected chi connectivity index (χ1v) is 5.24. The third-order valence-corrected chi connectivity index (χ3v) is 2.36. The number of carbonyl (C=O) groups excluding carboxylic acids is 1. The maximum absolute atomic E-state index is 11.3. The van der Waals surface area contributed by atoms with Crippen LogP contribution in [0.4, 0.5) is 0 Å². The minimum Gasteiger partial charge on any atom is -0.352 e. The van der Waals surface area contributed by atoms with Crippen molar-refractivity contribution in [2.75, 3.05) is 20.1 Å². The molecule has 0 aliphatic rings. The molecule has 2 N–H and O–H groups in total. The molecule has 1 heterocycles. The van der Waals surface area contributed by atoms with Gasteiger partial charge in [0.2, 0.25) is 0 Å². The van der Waals surface area contributed by atoms with Gasteiger partial charge in [0.15, 0.2) is 0 Å². The highest BCUT2D eigenvalue weighted by Crippen LogP contribution is 2.04. The first-order valence-electron chi connectivity index (χ1n) is 4.29. The fraction of sp³-hybridized carbons (Fsp3) is 0.444. The molecule has 72 valence electrons. The topological polar surface area (TPSA) is 41.1 Å². The van der Waals surface area contributed by atoms with Gasteiger partial charge in [-0.15, -0.1) is 0 Å². The van der Waals surface area contributed by atoms with Crippen LogP contribution >= 0.6 is 11.3 Å². The number of hydrogen-bond donors (Lipinski definition) is 2. The molecule has 0 bridgehead atoms. The standard InChI is InChI=1S/C9H14N2OS/c1-10-4-2-5-11-9(12)8-3-6-13-7-8/h3,6-7,10H,2,4-5H2,1H3,(H,11,12). The summed E-state index contributed by atoms with van der Waals surface area (Å²) in [6.45, 7) is 1.67. The van der Waals surface area contributed by atoms with E-state index in [4.69, 9.17) is 0 Å². The Bertz CT molecular complexity index is 246. The summed E-state index contributed by atoms with van der Waals surface area (Å²) >= 11 is 1.54. The molecule has 0 saturated heterocycles. The highest BCUT2D eigenvalue weighted by molar-refractivity contribution is 7.08. The second-order valence-corrected chi connectivity index (χ2v) is 3.51. The molecule has 1 aromatic heterocycles. The van der Waals surface area contributed by atoms with E-state index in [0.29, 0.717) is 0 Å². The number of nitrogens with one attached hydrogen (secondary N) is 2. The van der Waals surface area contributed by atoms with Crippen molar-refractivity contribution >= 4 is 17.2 Å². The summed E-state index contributed by atoms with van der Waals surface area (Å²) < 4.78 is 0. The van der Waals surface area contributed by atoms with Gasteiger partial charge in [-0.25, -0.2) is 0 Å². The van der Waals surface area contributed by atoms with Crippen LogP contribution in [-0.4, -0.2) is 26.0 Å². The van der Waals surface area contributed by atoms with Crippen LogP contribution in [0, 0.1) is 0 Å². The molecule has 0 saturated carbocycles. The number of hydrogen-bond acceptors (Lipinski definition) is 3.